The van der Waals surface area contributed by atoms with Crippen LogP contribution in [0, 0.1) is 0 Å². The third kappa shape index (κ3) is 3.68. The molecule has 0 bridgehead atoms. The van der Waals surface area contributed by atoms with Gasteiger partial charge in [0.2, 0.25) is 5.95 Å². The Labute approximate surface area is 156 Å². The summed E-state index contributed by atoms with van der Waals surface area (Å²) < 4.78 is 25.0. The summed E-state index contributed by atoms with van der Waals surface area (Å²) >= 11 is 0. The zero-order chi connectivity index (χ0) is 19.0. The average molecular weight is 385 g/mol. The molecule has 8 nitrogen and oxygen atoms in total. The lowest BCUT2D eigenvalue weighted by atomic mass is 9.94. The first-order chi connectivity index (χ1) is 12.9. The predicted molar refractivity (Wildman–Crippen MR) is 101 cm³/mol. The summed E-state index contributed by atoms with van der Waals surface area (Å²) in [7, 11) is -3.23. The molecule has 4 rings (SSSR count). The average Bonchev–Trinajstić information content (AvgIpc) is 3.05. The molecule has 2 heterocycles. The molecule has 9 heteroatoms. The monoisotopic (exact) mass is 385 g/mol. The van der Waals surface area contributed by atoms with Gasteiger partial charge in [-0.3, -0.25) is 4.79 Å². The van der Waals surface area contributed by atoms with E-state index in [0.29, 0.717) is 30.3 Å². The van der Waals surface area contributed by atoms with Gasteiger partial charge in [-0.15, -0.1) is 0 Å². The van der Waals surface area contributed by atoms with Gasteiger partial charge in [0.1, 0.15) is 5.78 Å². The van der Waals surface area contributed by atoms with Crippen molar-refractivity contribution < 1.29 is 13.2 Å². The molecule has 1 aliphatic carbocycles. The minimum absolute atomic E-state index is 0.164. The van der Waals surface area contributed by atoms with Crippen molar-refractivity contribution in [3.05, 3.63) is 36.7 Å². The second-order valence-corrected chi connectivity index (χ2v) is 8.77. The van der Waals surface area contributed by atoms with Crippen LogP contribution in [0.15, 0.2) is 41.6 Å². The highest BCUT2D eigenvalue weighted by Crippen LogP contribution is 2.28. The Balaban J connectivity index is 1.59. The minimum atomic E-state index is -3.23. The standard InChI is InChI=1S/C18H19N5O3S/c1-27(25,26)16-8-2-13(3-9-16)21-18-19-10-12-11-20-23(17(12)22-18)14-4-6-15(24)7-5-14/h2-3,8-11,14H,4-7H2,1H3,(H,19,21,22). The van der Waals surface area contributed by atoms with Gasteiger partial charge in [0, 0.05) is 31.0 Å². The van der Waals surface area contributed by atoms with Crippen molar-refractivity contribution in [1.82, 2.24) is 19.7 Å². The quantitative estimate of drug-likeness (QED) is 0.736. The van der Waals surface area contributed by atoms with Crippen LogP contribution < -0.4 is 5.32 Å². The molecule has 1 fully saturated rings. The third-order valence-electron chi connectivity index (χ3n) is 4.73. The van der Waals surface area contributed by atoms with Crippen molar-refractivity contribution in [3.63, 3.8) is 0 Å². The highest BCUT2D eigenvalue weighted by molar-refractivity contribution is 7.90. The fourth-order valence-electron chi connectivity index (χ4n) is 3.25. The van der Waals surface area contributed by atoms with E-state index in [1.165, 1.54) is 6.26 Å². The van der Waals surface area contributed by atoms with Gasteiger partial charge in [-0.05, 0) is 37.1 Å². The van der Waals surface area contributed by atoms with E-state index in [0.717, 1.165) is 23.9 Å². The molecular weight excluding hydrogens is 366 g/mol. The largest absolute Gasteiger partial charge is 0.324 e. The number of hydrogen-bond acceptors (Lipinski definition) is 7. The first-order valence-electron chi connectivity index (χ1n) is 8.69. The van der Waals surface area contributed by atoms with Gasteiger partial charge in [-0.25, -0.2) is 18.1 Å². The fourth-order valence-corrected chi connectivity index (χ4v) is 3.88. The highest BCUT2D eigenvalue weighted by Gasteiger charge is 2.22. The Bertz CT molecular complexity index is 1100. The van der Waals surface area contributed by atoms with Crippen molar-refractivity contribution in [2.45, 2.75) is 36.6 Å². The Hall–Kier alpha value is -2.81. The summed E-state index contributed by atoms with van der Waals surface area (Å²) in [4.78, 5) is 20.6. The van der Waals surface area contributed by atoms with E-state index in [2.05, 4.69) is 20.4 Å². The van der Waals surface area contributed by atoms with Crippen LogP contribution in [-0.4, -0.2) is 40.2 Å². The number of ketones is 1. The van der Waals surface area contributed by atoms with Gasteiger partial charge in [-0.2, -0.15) is 10.1 Å². The summed E-state index contributed by atoms with van der Waals surface area (Å²) in [6, 6.07) is 6.60. The zero-order valence-corrected chi connectivity index (χ0v) is 15.6. The molecule has 3 aromatic rings. The molecule has 0 unspecified atom stereocenters. The van der Waals surface area contributed by atoms with Crippen molar-refractivity contribution >= 4 is 38.3 Å². The molecular formula is C18H19N5O3S. The van der Waals surface area contributed by atoms with Crippen LogP contribution in [0.1, 0.15) is 31.7 Å². The van der Waals surface area contributed by atoms with Gasteiger partial charge in [0.15, 0.2) is 15.5 Å². The van der Waals surface area contributed by atoms with E-state index in [9.17, 15) is 13.2 Å². The molecule has 0 saturated heterocycles. The number of rotatable bonds is 4. The van der Waals surface area contributed by atoms with Crippen LogP contribution in [0.5, 0.6) is 0 Å². The van der Waals surface area contributed by atoms with E-state index >= 15 is 0 Å². The smallest absolute Gasteiger partial charge is 0.229 e. The second-order valence-electron chi connectivity index (χ2n) is 6.75. The van der Waals surface area contributed by atoms with Crippen LogP contribution in [-0.2, 0) is 14.6 Å². The van der Waals surface area contributed by atoms with Gasteiger partial charge in [-0.1, -0.05) is 0 Å². The first kappa shape index (κ1) is 17.6. The molecule has 0 aliphatic heterocycles. The molecule has 0 amide bonds. The summed E-state index contributed by atoms with van der Waals surface area (Å²) in [5, 5.41) is 8.37. The van der Waals surface area contributed by atoms with Gasteiger partial charge in [0.25, 0.3) is 0 Å². The molecule has 1 N–H and O–H groups in total. The fraction of sp³-hybridized carbons (Fsp3) is 0.333. The maximum atomic E-state index is 11.6. The van der Waals surface area contributed by atoms with Crippen molar-refractivity contribution in [2.75, 3.05) is 11.6 Å². The number of aromatic nitrogens is 4. The SMILES string of the molecule is CS(=O)(=O)c1ccc(Nc2ncc3cnn(C4CCC(=O)CC4)c3n2)cc1. The van der Waals surface area contributed by atoms with E-state index in [-0.39, 0.29) is 10.9 Å². The molecule has 0 spiro atoms. The Morgan fingerprint density at radius 2 is 1.81 bits per heavy atom. The normalized spacial score (nSPS) is 16.0. The van der Waals surface area contributed by atoms with Crippen LogP contribution in [0.3, 0.4) is 0 Å². The molecule has 140 valence electrons. The Morgan fingerprint density at radius 3 is 2.48 bits per heavy atom. The van der Waals surface area contributed by atoms with Crippen LogP contribution in [0.4, 0.5) is 11.6 Å². The van der Waals surface area contributed by atoms with Crippen molar-refractivity contribution in [3.8, 4) is 0 Å². The lowest BCUT2D eigenvalue weighted by Crippen LogP contribution is -2.19. The number of benzene rings is 1. The maximum absolute atomic E-state index is 11.6. The summed E-state index contributed by atoms with van der Waals surface area (Å²) in [5.41, 5.74) is 1.41. The number of carbonyl (C=O) groups excluding carboxylic acids is 1. The summed E-state index contributed by atoms with van der Waals surface area (Å²) in [6.07, 6.45) is 7.31. The number of Topliss-reactive ketones (excluding diaryl/α,β-unsaturated/α-hetero) is 1. The highest BCUT2D eigenvalue weighted by atomic mass is 32.2. The number of nitrogens with zero attached hydrogens (tertiary/aromatic N) is 4. The number of carbonyl (C=O) groups is 1. The molecule has 1 saturated carbocycles. The Morgan fingerprint density at radius 1 is 1.11 bits per heavy atom. The molecule has 27 heavy (non-hydrogen) atoms. The molecule has 1 aliphatic rings. The van der Waals surface area contributed by atoms with Gasteiger partial charge >= 0.3 is 0 Å². The van der Waals surface area contributed by atoms with E-state index in [1.807, 2.05) is 4.68 Å². The lowest BCUT2D eigenvalue weighted by molar-refractivity contribution is -0.120. The first-order valence-corrected chi connectivity index (χ1v) is 10.6. The zero-order valence-electron chi connectivity index (χ0n) is 14.8. The summed E-state index contributed by atoms with van der Waals surface area (Å²) in [5.74, 6) is 0.709. The molecule has 1 aromatic carbocycles. The number of nitrogens with one attached hydrogen (secondary N) is 1. The predicted octanol–water partition coefficient (Wildman–Crippen LogP) is 2.66. The number of fused-ring (bicyclic) bond motifs is 1. The van der Waals surface area contributed by atoms with E-state index in [1.54, 1.807) is 36.7 Å². The summed E-state index contributed by atoms with van der Waals surface area (Å²) in [6.45, 7) is 0. The van der Waals surface area contributed by atoms with Gasteiger partial charge < -0.3 is 5.32 Å². The third-order valence-corrected chi connectivity index (χ3v) is 5.86. The van der Waals surface area contributed by atoms with E-state index < -0.39 is 9.84 Å². The van der Waals surface area contributed by atoms with Crippen LogP contribution in [0.2, 0.25) is 0 Å². The second kappa shape index (κ2) is 6.73. The van der Waals surface area contributed by atoms with Crippen LogP contribution in [0.25, 0.3) is 11.0 Å². The number of anilines is 2. The molecule has 0 atom stereocenters. The minimum Gasteiger partial charge on any atom is -0.324 e. The van der Waals surface area contributed by atoms with Crippen molar-refractivity contribution in [1.29, 1.82) is 0 Å². The van der Waals surface area contributed by atoms with Crippen LogP contribution >= 0.6 is 0 Å². The molecule has 2 aromatic heterocycles. The number of sulfone groups is 1. The van der Waals surface area contributed by atoms with E-state index in [4.69, 9.17) is 0 Å². The lowest BCUT2D eigenvalue weighted by Gasteiger charge is -2.21. The topological polar surface area (TPSA) is 107 Å². The van der Waals surface area contributed by atoms with Crippen molar-refractivity contribution in [2.24, 2.45) is 0 Å². The Kier molecular flexibility index (Phi) is 4.39. The molecule has 0 radical (unpaired) electrons. The maximum Gasteiger partial charge on any atom is 0.229 e. The number of hydrogen-bond donors (Lipinski definition) is 1. The van der Waals surface area contributed by atoms with Gasteiger partial charge in [0.05, 0.1) is 22.5 Å².